The first kappa shape index (κ1) is 11.0. The molecule has 3 nitrogen and oxygen atoms in total. The zero-order chi connectivity index (χ0) is 8.53. The maximum Gasteiger partial charge on any atom is 0.694 e. The smallest absolute Gasteiger partial charge is 0.133 e. The number of hydrogen-bond acceptors (Lipinski definition) is 2. The molecule has 0 aromatic rings. The minimum Gasteiger partial charge on any atom is -0.133 e. The molecule has 66 valence electrons. The number of hydrogen-bond donors (Lipinski definition) is 1. The van der Waals surface area contributed by atoms with Crippen LogP contribution in [-0.4, -0.2) is 11.5 Å². The summed E-state index contributed by atoms with van der Waals surface area (Å²) in [6, 6.07) is 0. The molecular formula is C7H16O3P+. The second-order valence-corrected chi connectivity index (χ2v) is 3.22. The molecule has 0 spiro atoms. The van der Waals surface area contributed by atoms with Gasteiger partial charge in [-0.3, -0.25) is 0 Å². The van der Waals surface area contributed by atoms with E-state index in [0.717, 1.165) is 12.8 Å². The van der Waals surface area contributed by atoms with Crippen molar-refractivity contribution in [2.24, 2.45) is 0 Å². The first-order valence-electron chi connectivity index (χ1n) is 4.06. The lowest BCUT2D eigenvalue weighted by Crippen LogP contribution is -1.86. The van der Waals surface area contributed by atoms with Gasteiger partial charge < -0.3 is 0 Å². The van der Waals surface area contributed by atoms with Crippen LogP contribution in [0.3, 0.4) is 0 Å². The monoisotopic (exact) mass is 179 g/mol. The van der Waals surface area contributed by atoms with E-state index in [4.69, 9.17) is 4.89 Å². The molecule has 0 saturated carbocycles. The Morgan fingerprint density at radius 2 is 1.91 bits per heavy atom. The van der Waals surface area contributed by atoms with E-state index in [2.05, 4.69) is 11.4 Å². The van der Waals surface area contributed by atoms with Crippen LogP contribution >= 0.6 is 8.25 Å². The molecule has 0 radical (unpaired) electrons. The van der Waals surface area contributed by atoms with Crippen LogP contribution in [0, 0.1) is 0 Å². The fourth-order valence-electron chi connectivity index (χ4n) is 0.848. The fourth-order valence-corrected chi connectivity index (χ4v) is 1.13. The van der Waals surface area contributed by atoms with Crippen LogP contribution < -0.4 is 0 Å². The Morgan fingerprint density at radius 3 is 2.45 bits per heavy atom. The highest BCUT2D eigenvalue weighted by Gasteiger charge is 2.09. The van der Waals surface area contributed by atoms with Crippen LogP contribution in [-0.2, 0) is 9.09 Å². The van der Waals surface area contributed by atoms with Gasteiger partial charge in [-0.1, -0.05) is 32.6 Å². The Labute approximate surface area is 68.7 Å². The lowest BCUT2D eigenvalue weighted by Gasteiger charge is -1.94. The van der Waals surface area contributed by atoms with Crippen molar-refractivity contribution in [3.63, 3.8) is 0 Å². The molecule has 4 heteroatoms. The van der Waals surface area contributed by atoms with Gasteiger partial charge in [0.2, 0.25) is 0 Å². The highest BCUT2D eigenvalue weighted by molar-refractivity contribution is 7.32. The molecular weight excluding hydrogens is 163 g/mol. The van der Waals surface area contributed by atoms with E-state index < -0.39 is 8.25 Å². The third kappa shape index (κ3) is 10.0. The lowest BCUT2D eigenvalue weighted by atomic mass is 10.2. The van der Waals surface area contributed by atoms with Crippen molar-refractivity contribution in [2.75, 3.05) is 6.61 Å². The van der Waals surface area contributed by atoms with Crippen LogP contribution in [0.4, 0.5) is 0 Å². The van der Waals surface area contributed by atoms with E-state index in [-0.39, 0.29) is 0 Å². The Hall–Kier alpha value is 0.0200. The van der Waals surface area contributed by atoms with Crippen molar-refractivity contribution >= 4 is 8.25 Å². The zero-order valence-electron chi connectivity index (χ0n) is 6.95. The van der Waals surface area contributed by atoms with Crippen molar-refractivity contribution in [3.05, 3.63) is 0 Å². The fraction of sp³-hybridized carbons (Fsp3) is 1.00. The van der Waals surface area contributed by atoms with Crippen LogP contribution in [0.1, 0.15) is 39.0 Å². The third-order valence-corrected chi connectivity index (χ3v) is 1.85. The van der Waals surface area contributed by atoms with E-state index >= 15 is 0 Å². The van der Waals surface area contributed by atoms with E-state index in [1.807, 2.05) is 0 Å². The Balaban J connectivity index is 2.85. The third-order valence-electron chi connectivity index (χ3n) is 1.45. The summed E-state index contributed by atoms with van der Waals surface area (Å²) >= 11 is 0. The molecule has 1 unspecified atom stereocenters. The Bertz CT molecular complexity index is 106. The number of rotatable bonds is 7. The minimum absolute atomic E-state index is 0.412. The first-order valence-corrected chi connectivity index (χ1v) is 5.19. The minimum atomic E-state index is -2.37. The second-order valence-electron chi connectivity index (χ2n) is 2.49. The van der Waals surface area contributed by atoms with Gasteiger partial charge in [-0.25, -0.2) is 0 Å². The predicted molar refractivity (Wildman–Crippen MR) is 44.5 cm³/mol. The number of unbranched alkanes of at least 4 members (excludes halogenated alkanes) is 4. The van der Waals surface area contributed by atoms with E-state index in [0.29, 0.717) is 6.61 Å². The van der Waals surface area contributed by atoms with Crippen molar-refractivity contribution in [3.8, 4) is 0 Å². The quantitative estimate of drug-likeness (QED) is 0.482. The molecule has 0 saturated heterocycles. The molecule has 0 bridgehead atoms. The van der Waals surface area contributed by atoms with Crippen LogP contribution in [0.5, 0.6) is 0 Å². The van der Waals surface area contributed by atoms with Crippen molar-refractivity contribution in [1.82, 2.24) is 0 Å². The van der Waals surface area contributed by atoms with Gasteiger partial charge in [-0.2, -0.15) is 0 Å². The highest BCUT2D eigenvalue weighted by Crippen LogP contribution is 2.15. The van der Waals surface area contributed by atoms with Crippen molar-refractivity contribution in [1.29, 1.82) is 0 Å². The first-order chi connectivity index (χ1) is 5.27. The summed E-state index contributed by atoms with van der Waals surface area (Å²) < 4.78 is 14.5. The molecule has 1 atom stereocenters. The summed E-state index contributed by atoms with van der Waals surface area (Å²) in [6.07, 6.45) is 5.64. The maximum absolute atomic E-state index is 10.0. The Morgan fingerprint density at radius 1 is 1.27 bits per heavy atom. The lowest BCUT2D eigenvalue weighted by molar-refractivity contribution is 0.273. The normalized spacial score (nSPS) is 11.6. The van der Waals surface area contributed by atoms with Gasteiger partial charge in [0.05, 0.1) is 0 Å². The summed E-state index contributed by atoms with van der Waals surface area (Å²) in [6.45, 7) is 2.57. The average molecular weight is 179 g/mol. The van der Waals surface area contributed by atoms with Gasteiger partial charge in [0.25, 0.3) is 0 Å². The van der Waals surface area contributed by atoms with Crippen LogP contribution in [0.25, 0.3) is 0 Å². The average Bonchev–Trinajstić information content (AvgIpc) is 1.96. The van der Waals surface area contributed by atoms with Gasteiger partial charge >= 0.3 is 8.25 Å². The molecule has 11 heavy (non-hydrogen) atoms. The summed E-state index contributed by atoms with van der Waals surface area (Å²) in [5, 5.41) is 0. The summed E-state index contributed by atoms with van der Waals surface area (Å²) in [5.74, 6) is 0. The SMILES string of the molecule is CCCCCCCO[P+](=O)O. The molecule has 0 aliphatic carbocycles. The molecule has 0 aliphatic rings. The van der Waals surface area contributed by atoms with E-state index in [1.54, 1.807) is 0 Å². The molecule has 0 aromatic carbocycles. The second kappa shape index (κ2) is 8.12. The topological polar surface area (TPSA) is 46.5 Å². The Kier molecular flexibility index (Phi) is 8.13. The summed E-state index contributed by atoms with van der Waals surface area (Å²) in [4.78, 5) is 8.24. The van der Waals surface area contributed by atoms with Gasteiger partial charge in [0, 0.05) is 4.57 Å². The van der Waals surface area contributed by atoms with Crippen molar-refractivity contribution in [2.45, 2.75) is 39.0 Å². The van der Waals surface area contributed by atoms with Gasteiger partial charge in [0.15, 0.2) is 0 Å². The van der Waals surface area contributed by atoms with Crippen LogP contribution in [0.15, 0.2) is 0 Å². The van der Waals surface area contributed by atoms with Crippen LogP contribution in [0.2, 0.25) is 0 Å². The molecule has 0 aliphatic heterocycles. The van der Waals surface area contributed by atoms with E-state index in [9.17, 15) is 4.57 Å². The summed E-state index contributed by atoms with van der Waals surface area (Å²) in [5.41, 5.74) is 0. The molecule has 0 rings (SSSR count). The molecule has 0 fully saturated rings. The molecule has 0 aromatic heterocycles. The molecule has 1 N–H and O–H groups in total. The molecule has 0 amide bonds. The van der Waals surface area contributed by atoms with Gasteiger partial charge in [-0.15, -0.1) is 9.42 Å². The largest absolute Gasteiger partial charge is 0.694 e. The van der Waals surface area contributed by atoms with E-state index in [1.165, 1.54) is 19.3 Å². The zero-order valence-corrected chi connectivity index (χ0v) is 7.85. The van der Waals surface area contributed by atoms with Gasteiger partial charge in [0.1, 0.15) is 6.61 Å². The highest BCUT2D eigenvalue weighted by atomic mass is 31.1. The standard InChI is InChI=1S/C7H15O3P/c1-2-3-4-5-6-7-10-11(8)9/h2-7H2,1H3/p+1. The van der Waals surface area contributed by atoms with Crippen molar-refractivity contribution < 1.29 is 14.0 Å². The molecule has 0 heterocycles. The summed E-state index contributed by atoms with van der Waals surface area (Å²) in [7, 11) is -2.37. The predicted octanol–water partition coefficient (Wildman–Crippen LogP) is 2.62. The van der Waals surface area contributed by atoms with Gasteiger partial charge in [-0.05, 0) is 6.42 Å². The maximum atomic E-state index is 10.0.